The van der Waals surface area contributed by atoms with Gasteiger partial charge in [-0.1, -0.05) is 129 Å². The van der Waals surface area contributed by atoms with E-state index in [4.69, 9.17) is 30.6 Å². The largest absolute Gasteiger partial charge is 0.455 e. The van der Waals surface area contributed by atoms with Gasteiger partial charge in [0.25, 0.3) is 0 Å². The summed E-state index contributed by atoms with van der Waals surface area (Å²) in [5, 5.41) is 5.65. The highest BCUT2D eigenvalue weighted by molar-refractivity contribution is 6.15. The zero-order valence-electron chi connectivity index (χ0n) is 35.9. The Bertz CT molecular complexity index is 3730. The fourth-order valence-electron chi connectivity index (χ4n) is 8.78. The second-order valence-electron chi connectivity index (χ2n) is 15.2. The highest BCUT2D eigenvalue weighted by Gasteiger charge is 2.35. The van der Waals surface area contributed by atoms with Crippen molar-refractivity contribution in [3.8, 4) is 56.4 Å². The number of rotatable bonds is 4. The van der Waals surface area contributed by atoms with Crippen LogP contribution in [-0.2, 0) is 5.41 Å². The van der Waals surface area contributed by atoms with Crippen LogP contribution < -0.4 is 0 Å². The highest BCUT2D eigenvalue weighted by atomic mass is 16.3. The first-order valence-corrected chi connectivity index (χ1v) is 18.9. The monoisotopic (exact) mass is 736 g/mol. The van der Waals surface area contributed by atoms with E-state index in [2.05, 4.69) is 80.6 Å². The summed E-state index contributed by atoms with van der Waals surface area (Å²) in [6, 6.07) is 43.0. The third kappa shape index (κ3) is 4.79. The molecule has 0 bridgehead atoms. The number of para-hydroxylation sites is 1. The van der Waals surface area contributed by atoms with Crippen molar-refractivity contribution < 1.29 is 15.7 Å². The Morgan fingerprint density at radius 1 is 0.439 bits per heavy atom. The summed E-state index contributed by atoms with van der Waals surface area (Å²) >= 11 is 0. The van der Waals surface area contributed by atoms with E-state index in [-0.39, 0.29) is 28.5 Å². The molecule has 3 aromatic heterocycles. The molecule has 0 aliphatic heterocycles. The lowest BCUT2D eigenvalue weighted by Crippen LogP contribution is -2.14. The van der Waals surface area contributed by atoms with E-state index in [0.29, 0.717) is 27.9 Å². The number of nitrogens with zero attached hydrogens (tertiary/aromatic N) is 3. The number of hydrogen-bond donors (Lipinski definition) is 0. The van der Waals surface area contributed by atoms with Crippen LogP contribution in [-0.4, -0.2) is 15.0 Å². The minimum Gasteiger partial charge on any atom is -0.455 e. The molecule has 0 fully saturated rings. The Balaban J connectivity index is 1.04. The van der Waals surface area contributed by atoms with E-state index in [0.717, 1.165) is 49.0 Å². The molecule has 0 spiro atoms. The Morgan fingerprint density at radius 3 is 1.91 bits per heavy atom. The SMILES string of the molecule is [2H]c1c([2H])c([2H])c(-c2nc(-c3ccc4oc5c6ccccc6ccc5c4c3)nc(-c3cccc4c3oc3ccc(-c5ccc6c(c5)C(C)(C)c5ccccc5-6)cc34)n2)c([2H])c1[2H]. The van der Waals surface area contributed by atoms with Crippen LogP contribution in [0.15, 0.2) is 173 Å². The molecule has 11 aromatic rings. The van der Waals surface area contributed by atoms with Gasteiger partial charge in [-0.05, 0) is 87.3 Å². The van der Waals surface area contributed by atoms with Gasteiger partial charge in [0.2, 0.25) is 0 Å². The van der Waals surface area contributed by atoms with Gasteiger partial charge in [0, 0.05) is 43.5 Å². The van der Waals surface area contributed by atoms with Crippen LogP contribution in [0.4, 0.5) is 0 Å². The lowest BCUT2D eigenvalue weighted by Gasteiger charge is -2.22. The first-order chi connectivity index (χ1) is 30.0. The van der Waals surface area contributed by atoms with Crippen LogP contribution in [0.2, 0.25) is 0 Å². The Hall–Kier alpha value is -7.37. The smallest absolute Gasteiger partial charge is 0.167 e. The van der Waals surface area contributed by atoms with E-state index in [9.17, 15) is 0 Å². The Labute approximate surface area is 334 Å². The highest BCUT2D eigenvalue weighted by Crippen LogP contribution is 2.50. The van der Waals surface area contributed by atoms with Crippen LogP contribution >= 0.6 is 0 Å². The molecule has 8 aromatic carbocycles. The van der Waals surface area contributed by atoms with E-state index in [1.54, 1.807) is 0 Å². The molecule has 3 heterocycles. The molecule has 12 rings (SSSR count). The van der Waals surface area contributed by atoms with Crippen molar-refractivity contribution in [2.45, 2.75) is 19.3 Å². The van der Waals surface area contributed by atoms with Crippen molar-refractivity contribution in [2.75, 3.05) is 0 Å². The van der Waals surface area contributed by atoms with Gasteiger partial charge in [-0.25, -0.2) is 15.0 Å². The van der Waals surface area contributed by atoms with Crippen LogP contribution in [0, 0.1) is 0 Å². The molecule has 5 heteroatoms. The zero-order chi connectivity index (χ0) is 42.2. The number of hydrogen-bond acceptors (Lipinski definition) is 5. The summed E-state index contributed by atoms with van der Waals surface area (Å²) in [7, 11) is 0. The summed E-state index contributed by atoms with van der Waals surface area (Å²) < 4.78 is 55.9. The lowest BCUT2D eigenvalue weighted by molar-refractivity contribution is 0.660. The number of benzene rings is 8. The van der Waals surface area contributed by atoms with Crippen molar-refractivity contribution >= 4 is 54.6 Å². The minimum atomic E-state index is -0.497. The van der Waals surface area contributed by atoms with Gasteiger partial charge in [-0.15, -0.1) is 0 Å². The topological polar surface area (TPSA) is 65.0 Å². The third-order valence-corrected chi connectivity index (χ3v) is 11.6. The van der Waals surface area contributed by atoms with Crippen LogP contribution in [0.25, 0.3) is 111 Å². The number of fused-ring (bicyclic) bond motifs is 11. The van der Waals surface area contributed by atoms with Crippen LogP contribution in [0.1, 0.15) is 31.8 Å². The molecule has 0 unspecified atom stereocenters. The van der Waals surface area contributed by atoms with E-state index < -0.39 is 30.2 Å². The van der Waals surface area contributed by atoms with Crippen LogP contribution in [0.3, 0.4) is 0 Å². The minimum absolute atomic E-state index is 0.0535. The molecular weight excluding hydrogens is 699 g/mol. The van der Waals surface area contributed by atoms with Gasteiger partial charge >= 0.3 is 0 Å². The number of furan rings is 2. The van der Waals surface area contributed by atoms with E-state index >= 15 is 0 Å². The van der Waals surface area contributed by atoms with Crippen LogP contribution in [0.5, 0.6) is 0 Å². The summed E-state index contributed by atoms with van der Waals surface area (Å²) in [6.07, 6.45) is 0. The fourth-order valence-corrected chi connectivity index (χ4v) is 8.78. The van der Waals surface area contributed by atoms with Gasteiger partial charge < -0.3 is 8.83 Å². The normalized spacial score (nSPS) is 14.5. The molecule has 1 aliphatic carbocycles. The molecule has 0 N–H and O–H groups in total. The maximum Gasteiger partial charge on any atom is 0.167 e. The quantitative estimate of drug-likeness (QED) is 0.180. The molecule has 0 amide bonds. The summed E-state index contributed by atoms with van der Waals surface area (Å²) in [6.45, 7) is 4.57. The predicted molar refractivity (Wildman–Crippen MR) is 231 cm³/mol. The summed E-state index contributed by atoms with van der Waals surface area (Å²) in [5.74, 6) is 0.429. The van der Waals surface area contributed by atoms with Gasteiger partial charge in [0.05, 0.1) is 12.4 Å². The van der Waals surface area contributed by atoms with E-state index in [1.807, 2.05) is 66.7 Å². The molecule has 0 saturated heterocycles. The van der Waals surface area contributed by atoms with Crippen molar-refractivity contribution in [2.24, 2.45) is 0 Å². The maximum absolute atomic E-state index is 8.85. The van der Waals surface area contributed by atoms with Crippen molar-refractivity contribution in [3.05, 3.63) is 175 Å². The summed E-state index contributed by atoms with van der Waals surface area (Å²) in [5.41, 5.74) is 11.0. The Morgan fingerprint density at radius 2 is 1.05 bits per heavy atom. The average molecular weight is 737 g/mol. The maximum atomic E-state index is 8.85. The molecule has 268 valence electrons. The predicted octanol–water partition coefficient (Wildman–Crippen LogP) is 13.8. The van der Waals surface area contributed by atoms with Gasteiger partial charge in [0.1, 0.15) is 22.3 Å². The zero-order valence-corrected chi connectivity index (χ0v) is 30.9. The molecule has 0 atom stereocenters. The van der Waals surface area contributed by atoms with Gasteiger partial charge in [-0.2, -0.15) is 0 Å². The third-order valence-electron chi connectivity index (χ3n) is 11.6. The first kappa shape index (κ1) is 27.2. The molecule has 0 radical (unpaired) electrons. The van der Waals surface area contributed by atoms with Crippen molar-refractivity contribution in [1.82, 2.24) is 15.0 Å². The standard InChI is InChI=1S/C52H33N3O2/c1-52(2)43-18-9-8-15-36(43)37-23-20-33(29-44(37)52)32-21-25-45-41(27-32)38-16-10-17-40(48(38)57-45)51-54-49(31-12-4-3-5-13-31)53-50(55-51)34-22-26-46-42(28-34)39-24-19-30-11-6-7-14-35(30)47(39)56-46/h3-29H,1-2H3/i3D,4D,5D,12D,13D. The second-order valence-corrected chi connectivity index (χ2v) is 15.2. The first-order valence-electron chi connectivity index (χ1n) is 21.4. The second kappa shape index (κ2) is 11.8. The van der Waals surface area contributed by atoms with Gasteiger partial charge in [-0.3, -0.25) is 0 Å². The van der Waals surface area contributed by atoms with Crippen molar-refractivity contribution in [1.29, 1.82) is 0 Å². The summed E-state index contributed by atoms with van der Waals surface area (Å²) in [4.78, 5) is 14.7. The molecule has 5 nitrogen and oxygen atoms in total. The van der Waals surface area contributed by atoms with Gasteiger partial charge in [0.15, 0.2) is 17.5 Å². The van der Waals surface area contributed by atoms with E-state index in [1.165, 1.54) is 22.3 Å². The Kier molecular flexibility index (Phi) is 5.65. The fraction of sp³-hybridized carbons (Fsp3) is 0.0577. The van der Waals surface area contributed by atoms with Crippen molar-refractivity contribution in [3.63, 3.8) is 0 Å². The molecule has 0 saturated carbocycles. The lowest BCUT2D eigenvalue weighted by atomic mass is 9.81. The number of aromatic nitrogens is 3. The molecular formula is C52H33N3O2. The molecule has 1 aliphatic rings. The average Bonchev–Trinajstić information content (AvgIpc) is 3.94. The molecule has 57 heavy (non-hydrogen) atoms.